The summed E-state index contributed by atoms with van der Waals surface area (Å²) < 4.78 is 28.0. The summed E-state index contributed by atoms with van der Waals surface area (Å²) in [6.07, 6.45) is 7.67. The van der Waals surface area contributed by atoms with E-state index in [-0.39, 0.29) is 71.7 Å². The van der Waals surface area contributed by atoms with Gasteiger partial charge in [-0.3, -0.25) is 19.2 Å². The lowest BCUT2D eigenvalue weighted by molar-refractivity contribution is -0.133. The van der Waals surface area contributed by atoms with Crippen LogP contribution in [0.5, 0.6) is 23.0 Å². The molecule has 0 N–H and O–H groups in total. The fraction of sp³-hybridized carbons (Fsp3) is 0.562. The second kappa shape index (κ2) is 24.7. The molecule has 4 aromatic rings. The van der Waals surface area contributed by atoms with Gasteiger partial charge in [-0.2, -0.15) is 0 Å². The molecule has 432 valence electrons. The molecule has 4 saturated heterocycles. The number of benzene rings is 4. The van der Waals surface area contributed by atoms with E-state index >= 15 is 0 Å². The van der Waals surface area contributed by atoms with Crippen molar-refractivity contribution >= 4 is 70.7 Å². The van der Waals surface area contributed by atoms with Gasteiger partial charge >= 0.3 is 0 Å². The summed E-state index contributed by atoms with van der Waals surface area (Å²) in [6.45, 7) is 31.4. The highest BCUT2D eigenvalue weighted by atomic mass is 32.2. The standard InChI is InChI=1S/C64H84N4O8S4/c1-61(2,3)41-29-45-57(73-37-53(69)65-21-13-14-22-65)46(30-41)78-48-32-43(63(7,8)9)34-50(59(48)75-39-55(71)67-25-17-18-26-67)80-52-36-44(64(10,11)12)35-51(60(52)76-40-56(72)68-27-19-20-28-68)79-49-33-42(62(4,5)6)31-47(77-45)58(49)74-38-54(70)66-23-15-16-24-66/h29-36H,13-28,37-40H2,1-12H3. The van der Waals surface area contributed by atoms with Crippen LogP contribution in [0.2, 0.25) is 0 Å². The molecule has 5 aliphatic heterocycles. The van der Waals surface area contributed by atoms with Gasteiger partial charge in [0.05, 0.1) is 39.2 Å². The minimum atomic E-state index is -0.332. The smallest absolute Gasteiger partial charge is 0.260 e. The van der Waals surface area contributed by atoms with Crippen LogP contribution in [-0.4, -0.2) is 122 Å². The van der Waals surface area contributed by atoms with Crippen molar-refractivity contribution in [3.8, 4) is 23.0 Å². The van der Waals surface area contributed by atoms with Gasteiger partial charge in [0.2, 0.25) is 0 Å². The normalized spacial score (nSPS) is 17.1. The highest BCUT2D eigenvalue weighted by Gasteiger charge is 2.33. The number of carbonyl (C=O) groups is 4. The lowest BCUT2D eigenvalue weighted by atomic mass is 9.87. The summed E-state index contributed by atoms with van der Waals surface area (Å²) >= 11 is 6.08. The Balaban J connectivity index is 1.34. The Morgan fingerprint density at radius 1 is 0.312 bits per heavy atom. The Morgan fingerprint density at radius 3 is 0.600 bits per heavy atom. The molecule has 4 amide bonds. The van der Waals surface area contributed by atoms with Gasteiger partial charge in [0.1, 0.15) is 23.0 Å². The van der Waals surface area contributed by atoms with Crippen molar-refractivity contribution in [3.63, 3.8) is 0 Å². The Kier molecular flexibility index (Phi) is 18.5. The molecular weight excluding hydrogens is 1080 g/mol. The molecule has 0 radical (unpaired) electrons. The topological polar surface area (TPSA) is 118 Å². The first-order valence-electron chi connectivity index (χ1n) is 28.9. The van der Waals surface area contributed by atoms with Gasteiger partial charge in [-0.15, -0.1) is 0 Å². The van der Waals surface area contributed by atoms with Crippen molar-refractivity contribution in [2.75, 3.05) is 78.8 Å². The first kappa shape index (κ1) is 60.0. The number of hydrogen-bond donors (Lipinski definition) is 0. The summed E-state index contributed by atoms with van der Waals surface area (Å²) in [6, 6.07) is 17.5. The number of rotatable bonds is 12. The van der Waals surface area contributed by atoms with Gasteiger partial charge in [-0.25, -0.2) is 0 Å². The fourth-order valence-corrected chi connectivity index (χ4v) is 15.2. The summed E-state index contributed by atoms with van der Waals surface area (Å²) in [5, 5.41) is 0. The SMILES string of the molecule is CC(C)(C)c1cc2c(OCC(=O)N3CCCC3)c(c1)Sc1cc(C(C)(C)C)cc(c1OCC(=O)N1CCCC1)Sc1cc(C(C)(C)C)cc(c1OCC(=O)N1CCCC1)Sc1cc(C(C)(C)C)cc(c1OCC(=O)N1CCCC1)S2. The number of carbonyl (C=O) groups excluding carboxylic acids is 4. The fourth-order valence-electron chi connectivity index (χ4n) is 10.5. The van der Waals surface area contributed by atoms with E-state index in [1.165, 1.54) is 47.0 Å². The molecule has 4 aromatic carbocycles. The van der Waals surface area contributed by atoms with Gasteiger partial charge in [-0.05, 0) is 144 Å². The Hall–Kier alpha value is -4.64. The van der Waals surface area contributed by atoms with E-state index in [9.17, 15) is 19.2 Å². The number of likely N-dealkylation sites (tertiary alicyclic amines) is 4. The highest BCUT2D eigenvalue weighted by Crippen LogP contribution is 2.56. The van der Waals surface area contributed by atoms with E-state index in [1.54, 1.807) is 0 Å². The Bertz CT molecular complexity index is 2470. The third kappa shape index (κ3) is 14.4. The van der Waals surface area contributed by atoms with Crippen molar-refractivity contribution in [2.45, 2.75) is 195 Å². The van der Waals surface area contributed by atoms with Crippen LogP contribution in [0.4, 0.5) is 0 Å². The molecule has 12 nitrogen and oxygen atoms in total. The molecule has 4 fully saturated rings. The lowest BCUT2D eigenvalue weighted by Crippen LogP contribution is -2.32. The van der Waals surface area contributed by atoms with Gasteiger partial charge in [0, 0.05) is 52.4 Å². The van der Waals surface area contributed by atoms with Crippen LogP contribution in [0.3, 0.4) is 0 Å². The monoisotopic (exact) mass is 1160 g/mol. The first-order chi connectivity index (χ1) is 37.8. The maximum atomic E-state index is 14.1. The van der Waals surface area contributed by atoms with E-state index in [0.717, 1.165) is 113 Å². The van der Waals surface area contributed by atoms with E-state index in [2.05, 4.69) is 132 Å². The Labute approximate surface area is 493 Å². The molecule has 80 heavy (non-hydrogen) atoms. The largest absolute Gasteiger partial charge is 0.481 e. The van der Waals surface area contributed by atoms with E-state index < -0.39 is 0 Å². The zero-order chi connectivity index (χ0) is 57.3. The van der Waals surface area contributed by atoms with Crippen LogP contribution in [-0.2, 0) is 40.8 Å². The second-order valence-corrected chi connectivity index (χ2v) is 30.5. The predicted molar refractivity (Wildman–Crippen MR) is 322 cm³/mol. The zero-order valence-corrected chi connectivity index (χ0v) is 52.7. The van der Waals surface area contributed by atoms with Crippen molar-refractivity contribution < 1.29 is 38.1 Å². The van der Waals surface area contributed by atoms with Crippen LogP contribution in [0.1, 0.15) is 157 Å². The van der Waals surface area contributed by atoms with Crippen LogP contribution in [0.25, 0.3) is 0 Å². The molecule has 5 aliphatic rings. The maximum absolute atomic E-state index is 14.1. The van der Waals surface area contributed by atoms with Crippen LogP contribution in [0, 0.1) is 0 Å². The molecule has 9 rings (SSSR count). The predicted octanol–water partition coefficient (Wildman–Crippen LogP) is 13.8. The summed E-state index contributed by atoms with van der Waals surface area (Å²) in [5.74, 6) is 1.94. The highest BCUT2D eigenvalue weighted by molar-refractivity contribution is 8.01. The molecule has 0 aromatic heterocycles. The third-order valence-electron chi connectivity index (χ3n) is 15.6. The van der Waals surface area contributed by atoms with E-state index in [0.29, 0.717) is 75.4 Å². The van der Waals surface area contributed by atoms with Gasteiger partial charge < -0.3 is 38.5 Å². The average Bonchev–Trinajstić information content (AvgIpc) is 4.25. The number of fused-ring (bicyclic) bond motifs is 8. The summed E-state index contributed by atoms with van der Waals surface area (Å²) in [7, 11) is 0. The second-order valence-electron chi connectivity index (χ2n) is 26.1. The third-order valence-corrected chi connectivity index (χ3v) is 19.8. The molecule has 0 unspecified atom stereocenters. The molecule has 0 aliphatic carbocycles. The van der Waals surface area contributed by atoms with Crippen molar-refractivity contribution in [3.05, 3.63) is 70.8 Å². The minimum absolute atomic E-state index is 0.0666. The van der Waals surface area contributed by atoms with Gasteiger partial charge in [-0.1, -0.05) is 130 Å². The molecule has 16 heteroatoms. The number of nitrogens with zero attached hydrogens (tertiary/aromatic N) is 4. The van der Waals surface area contributed by atoms with Crippen LogP contribution < -0.4 is 18.9 Å². The quantitative estimate of drug-likeness (QED) is 0.118. The number of ether oxygens (including phenoxy) is 4. The summed E-state index contributed by atoms with van der Waals surface area (Å²) in [5.41, 5.74) is 2.89. The Morgan fingerprint density at radius 2 is 0.463 bits per heavy atom. The first-order valence-corrected chi connectivity index (χ1v) is 32.1. The number of amides is 4. The van der Waals surface area contributed by atoms with E-state index in [4.69, 9.17) is 18.9 Å². The zero-order valence-electron chi connectivity index (χ0n) is 49.4. The maximum Gasteiger partial charge on any atom is 0.260 e. The van der Waals surface area contributed by atoms with Gasteiger partial charge in [0.25, 0.3) is 23.6 Å². The summed E-state index contributed by atoms with van der Waals surface area (Å²) in [4.78, 5) is 70.3. The van der Waals surface area contributed by atoms with Gasteiger partial charge in [0.15, 0.2) is 26.4 Å². The van der Waals surface area contributed by atoms with Crippen LogP contribution >= 0.6 is 47.0 Å². The lowest BCUT2D eigenvalue weighted by Gasteiger charge is -2.29. The van der Waals surface area contributed by atoms with E-state index in [1.807, 2.05) is 19.6 Å². The van der Waals surface area contributed by atoms with Crippen molar-refractivity contribution in [2.24, 2.45) is 0 Å². The van der Waals surface area contributed by atoms with Crippen molar-refractivity contribution in [1.29, 1.82) is 0 Å². The molecular formula is C64H84N4O8S4. The molecule has 0 saturated carbocycles. The molecule has 8 bridgehead atoms. The minimum Gasteiger partial charge on any atom is -0.481 e. The molecule has 5 heterocycles. The molecule has 0 atom stereocenters. The molecule has 0 spiro atoms. The number of hydrogen-bond acceptors (Lipinski definition) is 12. The van der Waals surface area contributed by atoms with Crippen LogP contribution in [0.15, 0.2) is 87.7 Å². The average molecular weight is 1170 g/mol. The van der Waals surface area contributed by atoms with Crippen molar-refractivity contribution in [1.82, 2.24) is 19.6 Å².